The first-order valence-corrected chi connectivity index (χ1v) is 16.5. The first-order chi connectivity index (χ1) is 20.0. The van der Waals surface area contributed by atoms with Crippen molar-refractivity contribution in [2.45, 2.75) is 57.4 Å². The van der Waals surface area contributed by atoms with Crippen LogP contribution in [-0.2, 0) is 37.9 Å². The Morgan fingerprint density at radius 1 is 0.952 bits per heavy atom. The highest BCUT2D eigenvalue weighted by Gasteiger charge is 2.29. The Morgan fingerprint density at radius 3 is 2.26 bits per heavy atom. The van der Waals surface area contributed by atoms with Gasteiger partial charge in [0.25, 0.3) is 0 Å². The Labute approximate surface area is 255 Å². The summed E-state index contributed by atoms with van der Waals surface area (Å²) in [6.45, 7) is 9.84. The summed E-state index contributed by atoms with van der Waals surface area (Å²) in [6, 6.07) is 16.6. The SMILES string of the molecule is CCOCCCN(CC(=O)N(CCc1ccc(OC)c(OC)c1)Cc1cccs1)S(=O)(=O)c1ccc(C(C)(C)C)cc1. The summed E-state index contributed by atoms with van der Waals surface area (Å²) in [5.41, 5.74) is 1.92. The Hall–Kier alpha value is -2.92. The summed E-state index contributed by atoms with van der Waals surface area (Å²) in [7, 11) is -0.744. The van der Waals surface area contributed by atoms with Crippen LogP contribution in [0, 0.1) is 0 Å². The molecule has 8 nitrogen and oxygen atoms in total. The van der Waals surface area contributed by atoms with Crippen molar-refractivity contribution < 1.29 is 27.4 Å². The van der Waals surface area contributed by atoms with Crippen molar-refractivity contribution in [3.63, 3.8) is 0 Å². The third-order valence-electron chi connectivity index (χ3n) is 6.97. The van der Waals surface area contributed by atoms with E-state index in [2.05, 4.69) is 20.8 Å². The normalized spacial score (nSPS) is 12.0. The minimum Gasteiger partial charge on any atom is -0.493 e. The number of hydrogen-bond donors (Lipinski definition) is 0. The fourth-order valence-electron chi connectivity index (χ4n) is 4.48. The first kappa shape index (κ1) is 33.6. The average Bonchev–Trinajstić information content (AvgIpc) is 3.49. The van der Waals surface area contributed by atoms with Crippen LogP contribution in [0.1, 0.15) is 50.1 Å². The maximum atomic E-state index is 13.8. The lowest BCUT2D eigenvalue weighted by atomic mass is 9.87. The topological polar surface area (TPSA) is 85.4 Å². The maximum absolute atomic E-state index is 13.8. The minimum atomic E-state index is -3.92. The lowest BCUT2D eigenvalue weighted by Gasteiger charge is -2.27. The molecule has 0 aliphatic carbocycles. The van der Waals surface area contributed by atoms with Crippen LogP contribution in [0.5, 0.6) is 11.5 Å². The molecule has 0 aliphatic heterocycles. The van der Waals surface area contributed by atoms with E-state index in [0.29, 0.717) is 50.6 Å². The summed E-state index contributed by atoms with van der Waals surface area (Å²) in [4.78, 5) is 16.8. The second-order valence-electron chi connectivity index (χ2n) is 11.0. The third kappa shape index (κ3) is 9.29. The Kier molecular flexibility index (Phi) is 12.4. The summed E-state index contributed by atoms with van der Waals surface area (Å²) < 4.78 is 45.2. The third-order valence-corrected chi connectivity index (χ3v) is 9.69. The van der Waals surface area contributed by atoms with E-state index < -0.39 is 10.0 Å². The van der Waals surface area contributed by atoms with Crippen LogP contribution in [0.3, 0.4) is 0 Å². The van der Waals surface area contributed by atoms with Gasteiger partial charge in [-0.15, -0.1) is 11.3 Å². The van der Waals surface area contributed by atoms with Crippen LogP contribution in [0.15, 0.2) is 64.9 Å². The van der Waals surface area contributed by atoms with Crippen LogP contribution >= 0.6 is 11.3 Å². The van der Waals surface area contributed by atoms with Gasteiger partial charge in [-0.1, -0.05) is 45.0 Å². The van der Waals surface area contributed by atoms with Crippen molar-refractivity contribution in [1.29, 1.82) is 0 Å². The van der Waals surface area contributed by atoms with Crippen molar-refractivity contribution in [3.8, 4) is 11.5 Å². The van der Waals surface area contributed by atoms with Crippen LogP contribution in [-0.4, -0.2) is 70.6 Å². The number of sulfonamides is 1. The minimum absolute atomic E-state index is 0.106. The Bertz CT molecular complexity index is 1370. The predicted molar refractivity (Wildman–Crippen MR) is 168 cm³/mol. The number of hydrogen-bond acceptors (Lipinski definition) is 7. The summed E-state index contributed by atoms with van der Waals surface area (Å²) in [5.74, 6) is 1.00. The number of thiophene rings is 1. The number of carbonyl (C=O) groups excluding carboxylic acids is 1. The van der Waals surface area contributed by atoms with Crippen molar-refractivity contribution >= 4 is 27.3 Å². The molecule has 0 bridgehead atoms. The van der Waals surface area contributed by atoms with Crippen molar-refractivity contribution in [2.75, 3.05) is 47.1 Å². The molecule has 1 aromatic heterocycles. The number of carbonyl (C=O) groups is 1. The second-order valence-corrected chi connectivity index (χ2v) is 14.0. The fourth-order valence-corrected chi connectivity index (χ4v) is 6.63. The van der Waals surface area contributed by atoms with E-state index in [-0.39, 0.29) is 29.3 Å². The quantitative estimate of drug-likeness (QED) is 0.191. The molecule has 2 aromatic carbocycles. The van der Waals surface area contributed by atoms with Crippen molar-refractivity contribution in [2.24, 2.45) is 0 Å². The zero-order valence-electron chi connectivity index (χ0n) is 25.6. The second kappa shape index (κ2) is 15.5. The lowest BCUT2D eigenvalue weighted by Crippen LogP contribution is -2.43. The van der Waals surface area contributed by atoms with Crippen LogP contribution < -0.4 is 9.47 Å². The highest BCUT2D eigenvalue weighted by Crippen LogP contribution is 2.28. The molecule has 1 amide bonds. The number of amides is 1. The number of rotatable bonds is 16. The van der Waals surface area contributed by atoms with E-state index in [1.807, 2.05) is 54.8 Å². The van der Waals surface area contributed by atoms with Gasteiger partial charge in [-0.05, 0) is 72.0 Å². The molecule has 42 heavy (non-hydrogen) atoms. The van der Waals surface area contributed by atoms with Crippen LogP contribution in [0.2, 0.25) is 0 Å². The van der Waals surface area contributed by atoms with Gasteiger partial charge in [0.2, 0.25) is 15.9 Å². The molecule has 3 rings (SSSR count). The largest absolute Gasteiger partial charge is 0.493 e. The van der Waals surface area contributed by atoms with Gasteiger partial charge in [0.05, 0.1) is 32.2 Å². The van der Waals surface area contributed by atoms with Gasteiger partial charge in [-0.2, -0.15) is 4.31 Å². The van der Waals surface area contributed by atoms with Crippen LogP contribution in [0.25, 0.3) is 0 Å². The zero-order valence-corrected chi connectivity index (χ0v) is 27.2. The molecule has 1 heterocycles. The van der Waals surface area contributed by atoms with E-state index in [1.165, 1.54) is 4.31 Å². The standard InChI is InChI=1S/C32H44N2O6S2/c1-7-40-20-9-18-34(42(36,37)28-14-12-26(13-15-28)32(2,3)4)24-31(35)33(23-27-10-8-21-41-27)19-17-25-11-16-29(38-5)30(22-25)39-6/h8,10-16,21-22H,7,9,17-20,23-24H2,1-6H3. The van der Waals surface area contributed by atoms with E-state index in [1.54, 1.807) is 42.6 Å². The smallest absolute Gasteiger partial charge is 0.243 e. The van der Waals surface area contributed by atoms with E-state index in [0.717, 1.165) is 16.0 Å². The predicted octanol–water partition coefficient (Wildman–Crippen LogP) is 5.75. The Morgan fingerprint density at radius 2 is 1.67 bits per heavy atom. The summed E-state index contributed by atoms with van der Waals surface area (Å²) in [6.07, 6.45) is 1.06. The number of ether oxygens (including phenoxy) is 3. The van der Waals surface area contributed by atoms with E-state index >= 15 is 0 Å². The van der Waals surface area contributed by atoms with Gasteiger partial charge < -0.3 is 19.1 Å². The molecule has 0 spiro atoms. The van der Waals surface area contributed by atoms with E-state index in [4.69, 9.17) is 14.2 Å². The molecule has 0 saturated heterocycles. The van der Waals surface area contributed by atoms with Crippen molar-refractivity contribution in [3.05, 3.63) is 76.0 Å². The van der Waals surface area contributed by atoms with E-state index in [9.17, 15) is 13.2 Å². The summed E-state index contributed by atoms with van der Waals surface area (Å²) in [5, 5.41) is 1.97. The molecule has 3 aromatic rings. The molecular formula is C32H44N2O6S2. The van der Waals surface area contributed by atoms with Gasteiger partial charge in [-0.25, -0.2) is 8.42 Å². The number of methoxy groups -OCH3 is 2. The highest BCUT2D eigenvalue weighted by atomic mass is 32.2. The zero-order chi connectivity index (χ0) is 30.8. The molecule has 0 atom stereocenters. The molecule has 0 N–H and O–H groups in total. The number of benzene rings is 2. The Balaban J connectivity index is 1.84. The highest BCUT2D eigenvalue weighted by molar-refractivity contribution is 7.89. The van der Waals surface area contributed by atoms with Crippen LogP contribution in [0.4, 0.5) is 0 Å². The first-order valence-electron chi connectivity index (χ1n) is 14.2. The monoisotopic (exact) mass is 616 g/mol. The molecule has 0 fully saturated rings. The fraction of sp³-hybridized carbons (Fsp3) is 0.469. The van der Waals surface area contributed by atoms with Gasteiger partial charge in [0.1, 0.15) is 0 Å². The molecular weight excluding hydrogens is 572 g/mol. The molecule has 230 valence electrons. The molecule has 0 unspecified atom stereocenters. The molecule has 10 heteroatoms. The summed E-state index contributed by atoms with van der Waals surface area (Å²) >= 11 is 1.57. The van der Waals surface area contributed by atoms with Crippen molar-refractivity contribution in [1.82, 2.24) is 9.21 Å². The molecule has 0 saturated carbocycles. The average molecular weight is 617 g/mol. The number of nitrogens with zero attached hydrogens (tertiary/aromatic N) is 2. The van der Waals surface area contributed by atoms with Gasteiger partial charge in [-0.3, -0.25) is 4.79 Å². The lowest BCUT2D eigenvalue weighted by molar-refractivity contribution is -0.132. The van der Waals surface area contributed by atoms with Gasteiger partial charge >= 0.3 is 0 Å². The van der Waals surface area contributed by atoms with Gasteiger partial charge in [0, 0.05) is 31.2 Å². The molecule has 0 radical (unpaired) electrons. The molecule has 0 aliphatic rings. The van der Waals surface area contributed by atoms with Gasteiger partial charge in [0.15, 0.2) is 11.5 Å². The maximum Gasteiger partial charge on any atom is 0.243 e.